The molecule has 0 radical (unpaired) electrons. The van der Waals surface area contributed by atoms with Crippen LogP contribution in [0.5, 0.6) is 0 Å². The fourth-order valence-electron chi connectivity index (χ4n) is 2.22. The molecule has 2 heterocycles. The molecule has 24 heavy (non-hydrogen) atoms. The van der Waals surface area contributed by atoms with Crippen molar-refractivity contribution in [1.82, 2.24) is 15.2 Å². The Morgan fingerprint density at radius 3 is 2.83 bits per heavy atom. The van der Waals surface area contributed by atoms with Crippen LogP contribution < -0.4 is 4.90 Å². The van der Waals surface area contributed by atoms with Gasteiger partial charge in [-0.15, -0.1) is 10.2 Å². The van der Waals surface area contributed by atoms with E-state index >= 15 is 0 Å². The molecule has 2 aromatic heterocycles. The first-order chi connectivity index (χ1) is 11.7. The maximum atomic E-state index is 13.4. The standard InChI is InChI=1S/C17H15FN4OS/c1-2-9-22(16(23)12-5-3-7-14(18)10-12)17-21-20-15(24-17)13-6-4-8-19-11-13/h3-8,10-11H,2,9H2,1H3. The summed E-state index contributed by atoms with van der Waals surface area (Å²) in [5.41, 5.74) is 1.14. The lowest BCUT2D eigenvalue weighted by Gasteiger charge is -2.18. The Bertz CT molecular complexity index is 837. The minimum absolute atomic E-state index is 0.287. The lowest BCUT2D eigenvalue weighted by Crippen LogP contribution is -2.31. The number of carbonyl (C=O) groups is 1. The van der Waals surface area contributed by atoms with Gasteiger partial charge in [-0.3, -0.25) is 14.7 Å². The molecule has 7 heteroatoms. The number of carbonyl (C=O) groups excluding carboxylic acids is 1. The fraction of sp³-hybridized carbons (Fsp3) is 0.176. The lowest BCUT2D eigenvalue weighted by atomic mass is 10.2. The van der Waals surface area contributed by atoms with Crippen molar-refractivity contribution in [2.24, 2.45) is 0 Å². The van der Waals surface area contributed by atoms with Gasteiger partial charge in [0.05, 0.1) is 0 Å². The molecule has 0 N–H and O–H groups in total. The topological polar surface area (TPSA) is 59.0 Å². The highest BCUT2D eigenvalue weighted by Gasteiger charge is 2.21. The number of pyridine rings is 1. The van der Waals surface area contributed by atoms with Gasteiger partial charge in [0, 0.05) is 30.1 Å². The van der Waals surface area contributed by atoms with Crippen molar-refractivity contribution in [2.45, 2.75) is 13.3 Å². The molecule has 0 atom stereocenters. The highest BCUT2D eigenvalue weighted by Crippen LogP contribution is 2.29. The second-order valence-electron chi connectivity index (χ2n) is 5.10. The second kappa shape index (κ2) is 7.27. The minimum atomic E-state index is -0.439. The summed E-state index contributed by atoms with van der Waals surface area (Å²) in [5, 5.41) is 9.45. The first kappa shape index (κ1) is 16.2. The van der Waals surface area contributed by atoms with Crippen LogP contribution in [0.4, 0.5) is 9.52 Å². The van der Waals surface area contributed by atoms with Crippen LogP contribution >= 0.6 is 11.3 Å². The minimum Gasteiger partial charge on any atom is -0.283 e. The number of hydrogen-bond donors (Lipinski definition) is 0. The molecule has 0 saturated carbocycles. The Kier molecular flexibility index (Phi) is 4.90. The van der Waals surface area contributed by atoms with Crippen LogP contribution in [-0.4, -0.2) is 27.6 Å². The summed E-state index contributed by atoms with van der Waals surface area (Å²) < 4.78 is 13.4. The predicted molar refractivity (Wildman–Crippen MR) is 91.5 cm³/mol. The molecule has 1 aromatic carbocycles. The van der Waals surface area contributed by atoms with Crippen molar-refractivity contribution in [3.63, 3.8) is 0 Å². The molecule has 1 amide bonds. The van der Waals surface area contributed by atoms with Gasteiger partial charge >= 0.3 is 0 Å². The first-order valence-electron chi connectivity index (χ1n) is 7.50. The molecule has 3 aromatic rings. The van der Waals surface area contributed by atoms with Crippen LogP contribution in [0.1, 0.15) is 23.7 Å². The SMILES string of the molecule is CCCN(C(=O)c1cccc(F)c1)c1nnc(-c2cccnc2)s1. The average molecular weight is 342 g/mol. The maximum absolute atomic E-state index is 13.4. The van der Waals surface area contributed by atoms with Crippen molar-refractivity contribution < 1.29 is 9.18 Å². The van der Waals surface area contributed by atoms with Crippen LogP contribution in [0.15, 0.2) is 48.8 Å². The number of benzene rings is 1. The summed E-state index contributed by atoms with van der Waals surface area (Å²) in [6.45, 7) is 2.45. The van der Waals surface area contributed by atoms with Gasteiger partial charge in [-0.05, 0) is 36.8 Å². The molecule has 3 rings (SSSR count). The van der Waals surface area contributed by atoms with E-state index in [0.29, 0.717) is 22.2 Å². The van der Waals surface area contributed by atoms with E-state index in [9.17, 15) is 9.18 Å². The molecule has 0 aliphatic carbocycles. The van der Waals surface area contributed by atoms with E-state index in [1.165, 1.54) is 34.4 Å². The number of anilines is 1. The molecule has 5 nitrogen and oxygen atoms in total. The Balaban J connectivity index is 1.91. The van der Waals surface area contributed by atoms with Crippen molar-refractivity contribution >= 4 is 22.4 Å². The molecule has 0 bridgehead atoms. The monoisotopic (exact) mass is 342 g/mol. The van der Waals surface area contributed by atoms with E-state index in [0.717, 1.165) is 12.0 Å². The second-order valence-corrected chi connectivity index (χ2v) is 6.05. The van der Waals surface area contributed by atoms with Crippen molar-refractivity contribution in [3.8, 4) is 10.6 Å². The third-order valence-electron chi connectivity index (χ3n) is 3.32. The van der Waals surface area contributed by atoms with E-state index in [1.807, 2.05) is 19.1 Å². The molecule has 0 spiro atoms. The van der Waals surface area contributed by atoms with E-state index in [4.69, 9.17) is 0 Å². The Morgan fingerprint density at radius 2 is 2.12 bits per heavy atom. The van der Waals surface area contributed by atoms with E-state index in [1.54, 1.807) is 18.5 Å². The zero-order valence-electron chi connectivity index (χ0n) is 13.0. The number of hydrogen-bond acceptors (Lipinski definition) is 5. The molecule has 0 fully saturated rings. The zero-order valence-corrected chi connectivity index (χ0v) is 13.8. The predicted octanol–water partition coefficient (Wildman–Crippen LogP) is 3.80. The van der Waals surface area contributed by atoms with Crippen molar-refractivity contribution in [1.29, 1.82) is 0 Å². The van der Waals surface area contributed by atoms with Gasteiger partial charge in [0.1, 0.15) is 5.82 Å². The van der Waals surface area contributed by atoms with Crippen LogP contribution in [0.2, 0.25) is 0 Å². The van der Waals surface area contributed by atoms with Crippen molar-refractivity contribution in [3.05, 3.63) is 60.2 Å². The number of amides is 1. The highest BCUT2D eigenvalue weighted by atomic mass is 32.1. The van der Waals surface area contributed by atoms with Gasteiger partial charge in [-0.1, -0.05) is 24.3 Å². The van der Waals surface area contributed by atoms with Gasteiger partial charge < -0.3 is 0 Å². The van der Waals surface area contributed by atoms with E-state index in [2.05, 4.69) is 15.2 Å². The van der Waals surface area contributed by atoms with Gasteiger partial charge in [0.15, 0.2) is 5.01 Å². The molecule has 0 aliphatic rings. The third-order valence-corrected chi connectivity index (χ3v) is 4.31. The third kappa shape index (κ3) is 3.46. The van der Waals surface area contributed by atoms with Crippen LogP contribution in [0.3, 0.4) is 0 Å². The average Bonchev–Trinajstić information content (AvgIpc) is 3.09. The van der Waals surface area contributed by atoms with Gasteiger partial charge in [0.2, 0.25) is 5.13 Å². The van der Waals surface area contributed by atoms with Gasteiger partial charge in [-0.25, -0.2) is 4.39 Å². The van der Waals surface area contributed by atoms with Crippen LogP contribution in [-0.2, 0) is 0 Å². The Hall–Kier alpha value is -2.67. The fourth-order valence-corrected chi connectivity index (χ4v) is 3.07. The van der Waals surface area contributed by atoms with Gasteiger partial charge in [0.25, 0.3) is 5.91 Å². The molecule has 122 valence electrons. The largest absolute Gasteiger partial charge is 0.283 e. The van der Waals surface area contributed by atoms with Crippen LogP contribution in [0.25, 0.3) is 10.6 Å². The number of aromatic nitrogens is 3. The van der Waals surface area contributed by atoms with E-state index in [-0.39, 0.29) is 5.91 Å². The smallest absolute Gasteiger partial charge is 0.260 e. The maximum Gasteiger partial charge on any atom is 0.260 e. The summed E-state index contributed by atoms with van der Waals surface area (Å²) in [6, 6.07) is 9.36. The number of halogens is 1. The van der Waals surface area contributed by atoms with Gasteiger partial charge in [-0.2, -0.15) is 0 Å². The normalized spacial score (nSPS) is 10.6. The summed E-state index contributed by atoms with van der Waals surface area (Å²) in [6.07, 6.45) is 4.13. The number of rotatable bonds is 5. The first-order valence-corrected chi connectivity index (χ1v) is 8.32. The highest BCUT2D eigenvalue weighted by molar-refractivity contribution is 7.18. The molecule has 0 aliphatic heterocycles. The van der Waals surface area contributed by atoms with E-state index < -0.39 is 5.82 Å². The molecular formula is C17H15FN4OS. The van der Waals surface area contributed by atoms with Crippen molar-refractivity contribution in [2.75, 3.05) is 11.4 Å². The summed E-state index contributed by atoms with van der Waals surface area (Å²) in [5.74, 6) is -0.726. The zero-order chi connectivity index (χ0) is 16.9. The number of nitrogens with zero attached hydrogens (tertiary/aromatic N) is 4. The lowest BCUT2D eigenvalue weighted by molar-refractivity contribution is 0.0986. The summed E-state index contributed by atoms with van der Waals surface area (Å²) in [4.78, 5) is 18.3. The molecule has 0 unspecified atom stereocenters. The van der Waals surface area contributed by atoms with Crippen LogP contribution in [0, 0.1) is 5.82 Å². The Labute approximate surface area is 142 Å². The molecule has 0 saturated heterocycles. The molecular weight excluding hydrogens is 327 g/mol. The summed E-state index contributed by atoms with van der Waals surface area (Å²) in [7, 11) is 0. The Morgan fingerprint density at radius 1 is 1.25 bits per heavy atom. The summed E-state index contributed by atoms with van der Waals surface area (Å²) >= 11 is 1.31. The quantitative estimate of drug-likeness (QED) is 0.708.